The van der Waals surface area contributed by atoms with Crippen LogP contribution >= 0.6 is 11.8 Å². The third-order valence-corrected chi connectivity index (χ3v) is 4.57. The van der Waals surface area contributed by atoms with Gasteiger partial charge in [0.2, 0.25) is 12.7 Å². The summed E-state index contributed by atoms with van der Waals surface area (Å²) in [5.74, 6) is 2.14. The number of thioether (sulfide) groups is 1. The lowest BCUT2D eigenvalue weighted by molar-refractivity contribution is 0.174. The second kappa shape index (κ2) is 7.43. The van der Waals surface area contributed by atoms with Gasteiger partial charge in [-0.1, -0.05) is 6.07 Å². The standard InChI is InChI=1S/C19H15N5O2S/c1-27-14-4-2-3-13(9-14)22-19-21-6-5-17(24-19)23-15-7-12(10-20)8-16-18(15)26-11-25-16/h2-9H,11H2,1H3,(H2,21,22,23,24). The zero-order valence-electron chi connectivity index (χ0n) is 14.4. The van der Waals surface area contributed by atoms with Crippen LogP contribution in [0.1, 0.15) is 5.56 Å². The maximum atomic E-state index is 9.20. The molecule has 1 aromatic heterocycles. The number of rotatable bonds is 5. The SMILES string of the molecule is CSc1cccc(Nc2nccc(Nc3cc(C#N)cc4c3OCO4)n2)c1. The number of anilines is 4. The second-order valence-corrected chi connectivity index (χ2v) is 6.50. The molecule has 2 aromatic carbocycles. The number of hydrogen-bond acceptors (Lipinski definition) is 8. The van der Waals surface area contributed by atoms with Crippen molar-refractivity contribution in [3.05, 3.63) is 54.2 Å². The first-order valence-corrected chi connectivity index (χ1v) is 9.32. The van der Waals surface area contributed by atoms with E-state index in [1.165, 1.54) is 0 Å². The summed E-state index contributed by atoms with van der Waals surface area (Å²) < 4.78 is 10.9. The van der Waals surface area contributed by atoms with Crippen LogP contribution in [0.5, 0.6) is 11.5 Å². The third-order valence-electron chi connectivity index (χ3n) is 3.85. The van der Waals surface area contributed by atoms with Crippen molar-refractivity contribution in [2.45, 2.75) is 4.90 Å². The fourth-order valence-corrected chi connectivity index (χ4v) is 3.08. The Hall–Kier alpha value is -3.44. The molecule has 0 bridgehead atoms. The van der Waals surface area contributed by atoms with Crippen molar-refractivity contribution in [2.24, 2.45) is 0 Å². The average Bonchev–Trinajstić information content (AvgIpc) is 3.17. The Balaban J connectivity index is 1.59. The number of hydrogen-bond donors (Lipinski definition) is 2. The molecule has 1 aliphatic rings. The molecule has 0 saturated heterocycles. The van der Waals surface area contributed by atoms with E-state index in [1.807, 2.05) is 30.5 Å². The van der Waals surface area contributed by atoms with Crippen LogP contribution in [0.25, 0.3) is 0 Å². The molecule has 0 amide bonds. The van der Waals surface area contributed by atoms with Gasteiger partial charge in [0.1, 0.15) is 5.82 Å². The molecule has 134 valence electrons. The van der Waals surface area contributed by atoms with Gasteiger partial charge in [0, 0.05) is 22.8 Å². The summed E-state index contributed by atoms with van der Waals surface area (Å²) in [6.45, 7) is 0.126. The third kappa shape index (κ3) is 3.73. The number of benzene rings is 2. The van der Waals surface area contributed by atoms with Crippen molar-refractivity contribution >= 4 is 34.9 Å². The minimum absolute atomic E-state index is 0.126. The molecular weight excluding hydrogens is 362 g/mol. The minimum atomic E-state index is 0.126. The zero-order valence-corrected chi connectivity index (χ0v) is 15.2. The van der Waals surface area contributed by atoms with Crippen molar-refractivity contribution in [3.63, 3.8) is 0 Å². The molecule has 3 aromatic rings. The summed E-state index contributed by atoms with van der Waals surface area (Å²) in [6.07, 6.45) is 3.68. The lowest BCUT2D eigenvalue weighted by Gasteiger charge is -2.11. The van der Waals surface area contributed by atoms with Gasteiger partial charge in [0.25, 0.3) is 0 Å². The highest BCUT2D eigenvalue weighted by Gasteiger charge is 2.20. The number of nitrogens with one attached hydrogen (secondary N) is 2. The van der Waals surface area contributed by atoms with Gasteiger partial charge >= 0.3 is 0 Å². The van der Waals surface area contributed by atoms with E-state index in [1.54, 1.807) is 36.2 Å². The maximum Gasteiger partial charge on any atom is 0.231 e. The van der Waals surface area contributed by atoms with E-state index in [9.17, 15) is 5.26 Å². The molecule has 0 spiro atoms. The first kappa shape index (κ1) is 17.0. The maximum absolute atomic E-state index is 9.20. The highest BCUT2D eigenvalue weighted by molar-refractivity contribution is 7.98. The second-order valence-electron chi connectivity index (χ2n) is 5.62. The Morgan fingerprint density at radius 2 is 2.07 bits per heavy atom. The first-order valence-electron chi connectivity index (χ1n) is 8.10. The lowest BCUT2D eigenvalue weighted by atomic mass is 10.2. The first-order chi connectivity index (χ1) is 13.2. The highest BCUT2D eigenvalue weighted by Crippen LogP contribution is 2.41. The molecule has 2 heterocycles. The fraction of sp³-hybridized carbons (Fsp3) is 0.105. The Morgan fingerprint density at radius 3 is 2.93 bits per heavy atom. The monoisotopic (exact) mass is 377 g/mol. The molecule has 0 radical (unpaired) electrons. The van der Waals surface area contributed by atoms with Crippen LogP contribution in [0, 0.1) is 11.3 Å². The fourth-order valence-electron chi connectivity index (χ4n) is 2.62. The van der Waals surface area contributed by atoms with E-state index in [4.69, 9.17) is 9.47 Å². The molecule has 8 heteroatoms. The van der Waals surface area contributed by atoms with Crippen LogP contribution < -0.4 is 20.1 Å². The van der Waals surface area contributed by atoms with Crippen molar-refractivity contribution in [3.8, 4) is 17.6 Å². The molecule has 2 N–H and O–H groups in total. The predicted octanol–water partition coefficient (Wildman–Crippen LogP) is 4.29. The molecule has 0 unspecified atom stereocenters. The van der Waals surface area contributed by atoms with Crippen molar-refractivity contribution < 1.29 is 9.47 Å². The van der Waals surface area contributed by atoms with Crippen molar-refractivity contribution in [1.82, 2.24) is 9.97 Å². The molecule has 4 rings (SSSR count). The van der Waals surface area contributed by atoms with E-state index >= 15 is 0 Å². The summed E-state index contributed by atoms with van der Waals surface area (Å²) in [5.41, 5.74) is 2.00. The van der Waals surface area contributed by atoms with E-state index < -0.39 is 0 Å². The van der Waals surface area contributed by atoms with Crippen LogP contribution in [0.2, 0.25) is 0 Å². The van der Waals surface area contributed by atoms with Gasteiger partial charge in [-0.25, -0.2) is 4.98 Å². The Bertz CT molecular complexity index is 1030. The molecular formula is C19H15N5O2S. The lowest BCUT2D eigenvalue weighted by Crippen LogP contribution is -2.01. The van der Waals surface area contributed by atoms with E-state index in [0.29, 0.717) is 34.5 Å². The van der Waals surface area contributed by atoms with Gasteiger partial charge in [0.15, 0.2) is 11.5 Å². The van der Waals surface area contributed by atoms with Gasteiger partial charge < -0.3 is 20.1 Å². The quantitative estimate of drug-likeness (QED) is 0.636. The van der Waals surface area contributed by atoms with Crippen LogP contribution in [-0.4, -0.2) is 23.0 Å². The number of ether oxygens (including phenoxy) is 2. The summed E-state index contributed by atoms with van der Waals surface area (Å²) in [6, 6.07) is 15.2. The van der Waals surface area contributed by atoms with Gasteiger partial charge in [-0.05, 0) is 36.6 Å². The molecule has 0 atom stereocenters. The van der Waals surface area contributed by atoms with E-state index in [-0.39, 0.29) is 6.79 Å². The van der Waals surface area contributed by atoms with Gasteiger partial charge in [-0.3, -0.25) is 0 Å². The molecule has 1 aliphatic heterocycles. The minimum Gasteiger partial charge on any atom is -0.453 e. The van der Waals surface area contributed by atoms with Crippen LogP contribution in [0.3, 0.4) is 0 Å². The molecule has 7 nitrogen and oxygen atoms in total. The summed E-state index contributed by atoms with van der Waals surface area (Å²) in [4.78, 5) is 9.89. The predicted molar refractivity (Wildman–Crippen MR) is 104 cm³/mol. The number of fused-ring (bicyclic) bond motifs is 1. The van der Waals surface area contributed by atoms with E-state index in [2.05, 4.69) is 26.7 Å². The number of nitrogens with zero attached hydrogens (tertiary/aromatic N) is 3. The summed E-state index contributed by atoms with van der Waals surface area (Å²) in [7, 11) is 0. The number of nitriles is 1. The normalized spacial score (nSPS) is 11.7. The van der Waals surface area contributed by atoms with Gasteiger partial charge in [-0.15, -0.1) is 11.8 Å². The average molecular weight is 377 g/mol. The smallest absolute Gasteiger partial charge is 0.231 e. The van der Waals surface area contributed by atoms with E-state index in [0.717, 1.165) is 10.6 Å². The van der Waals surface area contributed by atoms with Crippen LogP contribution in [0.15, 0.2) is 53.6 Å². The topological polar surface area (TPSA) is 92.1 Å². The van der Waals surface area contributed by atoms with Gasteiger partial charge in [-0.2, -0.15) is 10.2 Å². The van der Waals surface area contributed by atoms with Crippen LogP contribution in [-0.2, 0) is 0 Å². The molecule has 0 fully saturated rings. The van der Waals surface area contributed by atoms with Gasteiger partial charge in [0.05, 0.1) is 17.3 Å². The molecule has 0 aliphatic carbocycles. The molecule has 0 saturated carbocycles. The summed E-state index contributed by atoms with van der Waals surface area (Å²) in [5, 5.41) is 15.6. The largest absolute Gasteiger partial charge is 0.453 e. The Morgan fingerprint density at radius 1 is 1.15 bits per heavy atom. The molecule has 27 heavy (non-hydrogen) atoms. The van der Waals surface area contributed by atoms with Crippen LogP contribution in [0.4, 0.5) is 23.1 Å². The summed E-state index contributed by atoms with van der Waals surface area (Å²) >= 11 is 1.67. The Labute approximate surface area is 160 Å². The highest BCUT2D eigenvalue weighted by atomic mass is 32.2. The van der Waals surface area contributed by atoms with Crippen molar-refractivity contribution in [1.29, 1.82) is 5.26 Å². The Kier molecular flexibility index (Phi) is 4.68. The zero-order chi connectivity index (χ0) is 18.6. The van der Waals surface area contributed by atoms with Crippen molar-refractivity contribution in [2.75, 3.05) is 23.7 Å². The number of aromatic nitrogens is 2.